The van der Waals surface area contributed by atoms with Crippen LogP contribution in [0.4, 0.5) is 10.1 Å². The van der Waals surface area contributed by atoms with Crippen molar-refractivity contribution in [2.75, 3.05) is 19.5 Å². The molecule has 2 rings (SSSR count). The zero-order chi connectivity index (χ0) is 16.8. The summed E-state index contributed by atoms with van der Waals surface area (Å²) in [5, 5.41) is 2.95. The summed E-state index contributed by atoms with van der Waals surface area (Å²) in [6.07, 6.45) is 0. The van der Waals surface area contributed by atoms with E-state index in [1.54, 1.807) is 38.5 Å². The molecule has 0 spiro atoms. The summed E-state index contributed by atoms with van der Waals surface area (Å²) in [6.45, 7) is 0.240. The number of guanidine groups is 1. The highest BCUT2D eigenvalue weighted by Gasteiger charge is 2.07. The van der Waals surface area contributed by atoms with E-state index < -0.39 is 0 Å². The van der Waals surface area contributed by atoms with Crippen LogP contribution in [0.1, 0.15) is 5.56 Å². The molecule has 0 atom stereocenters. The summed E-state index contributed by atoms with van der Waals surface area (Å²) >= 11 is 3.36. The van der Waals surface area contributed by atoms with E-state index >= 15 is 0 Å². The van der Waals surface area contributed by atoms with E-state index in [-0.39, 0.29) is 42.3 Å². The second-order valence-electron chi connectivity index (χ2n) is 4.63. The zero-order valence-corrected chi connectivity index (χ0v) is 17.1. The van der Waals surface area contributed by atoms with Gasteiger partial charge in [-0.05, 0) is 35.9 Å². The molecule has 0 radical (unpaired) electrons. The number of ether oxygens (including phenoxy) is 2. The zero-order valence-electron chi connectivity index (χ0n) is 13.2. The number of hydrogen-bond donors (Lipinski definition) is 2. The normalized spacial score (nSPS) is 10.8. The maximum atomic E-state index is 13.3. The second-order valence-corrected chi connectivity index (χ2v) is 5.48. The SMILES string of the molecule is COc1ccc(OC)c(NC(N)=NCc2cc(F)ccc2Br)c1.I. The van der Waals surface area contributed by atoms with Crippen molar-refractivity contribution in [3.63, 3.8) is 0 Å². The Morgan fingerprint density at radius 2 is 1.96 bits per heavy atom. The molecule has 0 unspecified atom stereocenters. The van der Waals surface area contributed by atoms with Gasteiger partial charge in [-0.1, -0.05) is 15.9 Å². The average molecular weight is 510 g/mol. The Balaban J connectivity index is 0.00000288. The van der Waals surface area contributed by atoms with Gasteiger partial charge >= 0.3 is 0 Å². The molecule has 2 aromatic rings. The largest absolute Gasteiger partial charge is 0.497 e. The van der Waals surface area contributed by atoms with Crippen molar-refractivity contribution in [1.82, 2.24) is 0 Å². The minimum atomic E-state index is -0.320. The molecule has 3 N–H and O–H groups in total. The molecule has 0 fully saturated rings. The first-order valence-electron chi connectivity index (χ1n) is 6.76. The number of rotatable bonds is 5. The fourth-order valence-electron chi connectivity index (χ4n) is 1.92. The Morgan fingerprint density at radius 3 is 2.62 bits per heavy atom. The minimum Gasteiger partial charge on any atom is -0.497 e. The summed E-state index contributed by atoms with van der Waals surface area (Å²) in [5.74, 6) is 1.14. The molecular weight excluding hydrogens is 492 g/mol. The molecule has 0 amide bonds. The molecular formula is C16H18BrFIN3O2. The molecule has 0 aliphatic heterocycles. The second kappa shape index (κ2) is 9.67. The van der Waals surface area contributed by atoms with E-state index in [2.05, 4.69) is 26.2 Å². The first-order chi connectivity index (χ1) is 11.0. The maximum Gasteiger partial charge on any atom is 0.193 e. The van der Waals surface area contributed by atoms with Gasteiger partial charge in [0.1, 0.15) is 17.3 Å². The molecule has 0 aromatic heterocycles. The molecule has 130 valence electrons. The van der Waals surface area contributed by atoms with Crippen LogP contribution in [0.25, 0.3) is 0 Å². The van der Waals surface area contributed by atoms with Crippen LogP contribution >= 0.6 is 39.9 Å². The molecule has 0 saturated carbocycles. The number of nitrogens with zero attached hydrogens (tertiary/aromatic N) is 1. The topological polar surface area (TPSA) is 68.9 Å². The van der Waals surface area contributed by atoms with Gasteiger partial charge in [0.25, 0.3) is 0 Å². The van der Waals surface area contributed by atoms with Crippen LogP contribution in [0.2, 0.25) is 0 Å². The molecule has 0 aliphatic rings. The number of aliphatic imine (C=N–C) groups is 1. The van der Waals surface area contributed by atoms with Gasteiger partial charge in [0, 0.05) is 10.5 Å². The highest BCUT2D eigenvalue weighted by atomic mass is 127. The summed E-state index contributed by atoms with van der Waals surface area (Å²) in [7, 11) is 3.13. The number of nitrogens with two attached hydrogens (primary N) is 1. The van der Waals surface area contributed by atoms with Crippen LogP contribution in [0.15, 0.2) is 45.9 Å². The standard InChI is InChI=1S/C16H17BrFN3O2.HI/c1-22-12-4-6-15(23-2)14(8-12)21-16(19)20-9-10-7-11(18)3-5-13(10)17;/h3-8H,9H2,1-2H3,(H3,19,20,21);1H. The average Bonchev–Trinajstić information content (AvgIpc) is 2.55. The number of methoxy groups -OCH3 is 2. The van der Waals surface area contributed by atoms with Crippen molar-refractivity contribution in [1.29, 1.82) is 0 Å². The van der Waals surface area contributed by atoms with Gasteiger partial charge in [-0.25, -0.2) is 9.38 Å². The Bertz CT molecular complexity index is 728. The number of halogens is 3. The number of benzene rings is 2. The molecule has 5 nitrogen and oxygen atoms in total. The van der Waals surface area contributed by atoms with E-state index in [0.717, 1.165) is 4.47 Å². The Kier molecular flexibility index (Phi) is 8.26. The monoisotopic (exact) mass is 509 g/mol. The smallest absolute Gasteiger partial charge is 0.193 e. The summed E-state index contributed by atoms with van der Waals surface area (Å²) < 4.78 is 24.5. The van der Waals surface area contributed by atoms with Gasteiger partial charge in [0.05, 0.1) is 26.5 Å². The van der Waals surface area contributed by atoms with E-state index in [0.29, 0.717) is 22.7 Å². The highest BCUT2D eigenvalue weighted by Crippen LogP contribution is 2.28. The van der Waals surface area contributed by atoms with Crippen LogP contribution in [0.5, 0.6) is 11.5 Å². The molecule has 8 heteroatoms. The van der Waals surface area contributed by atoms with E-state index in [1.807, 2.05) is 0 Å². The molecule has 0 heterocycles. The lowest BCUT2D eigenvalue weighted by molar-refractivity contribution is 0.405. The van der Waals surface area contributed by atoms with E-state index in [4.69, 9.17) is 15.2 Å². The van der Waals surface area contributed by atoms with Gasteiger partial charge in [-0.15, -0.1) is 24.0 Å². The summed E-state index contributed by atoms with van der Waals surface area (Å²) in [5.41, 5.74) is 7.22. The van der Waals surface area contributed by atoms with Crippen molar-refractivity contribution in [2.24, 2.45) is 10.7 Å². The van der Waals surface area contributed by atoms with Crippen LogP contribution < -0.4 is 20.5 Å². The van der Waals surface area contributed by atoms with Crippen molar-refractivity contribution >= 4 is 51.6 Å². The molecule has 2 aromatic carbocycles. The third-order valence-corrected chi connectivity index (χ3v) is 3.87. The van der Waals surface area contributed by atoms with Gasteiger partial charge in [-0.3, -0.25) is 0 Å². The third kappa shape index (κ3) is 5.52. The molecule has 0 bridgehead atoms. The lowest BCUT2D eigenvalue weighted by Gasteiger charge is -2.12. The van der Waals surface area contributed by atoms with Crippen LogP contribution in [0, 0.1) is 5.82 Å². The first-order valence-corrected chi connectivity index (χ1v) is 7.55. The van der Waals surface area contributed by atoms with Gasteiger partial charge in [-0.2, -0.15) is 0 Å². The van der Waals surface area contributed by atoms with Gasteiger partial charge in [0.15, 0.2) is 5.96 Å². The molecule has 0 aliphatic carbocycles. The number of hydrogen-bond acceptors (Lipinski definition) is 3. The van der Waals surface area contributed by atoms with Gasteiger partial charge in [0.2, 0.25) is 0 Å². The van der Waals surface area contributed by atoms with Gasteiger partial charge < -0.3 is 20.5 Å². The van der Waals surface area contributed by atoms with Crippen molar-refractivity contribution in [2.45, 2.75) is 6.54 Å². The Morgan fingerprint density at radius 1 is 1.21 bits per heavy atom. The molecule has 0 saturated heterocycles. The van der Waals surface area contributed by atoms with E-state index in [9.17, 15) is 4.39 Å². The van der Waals surface area contributed by atoms with Crippen molar-refractivity contribution in [3.05, 3.63) is 52.3 Å². The quantitative estimate of drug-likeness (QED) is 0.361. The van der Waals surface area contributed by atoms with Crippen LogP contribution in [0.3, 0.4) is 0 Å². The predicted molar refractivity (Wildman–Crippen MR) is 108 cm³/mol. The Labute approximate surface area is 165 Å². The number of anilines is 1. The molecule has 24 heavy (non-hydrogen) atoms. The summed E-state index contributed by atoms with van der Waals surface area (Å²) in [6, 6.07) is 9.71. The van der Waals surface area contributed by atoms with Crippen LogP contribution in [-0.2, 0) is 6.54 Å². The van der Waals surface area contributed by atoms with Crippen molar-refractivity contribution < 1.29 is 13.9 Å². The first kappa shape index (κ1) is 20.5. The third-order valence-electron chi connectivity index (χ3n) is 3.10. The predicted octanol–water partition coefficient (Wildman–Crippen LogP) is 4.15. The van der Waals surface area contributed by atoms with Crippen LogP contribution in [-0.4, -0.2) is 20.2 Å². The maximum absolute atomic E-state index is 13.3. The highest BCUT2D eigenvalue weighted by molar-refractivity contribution is 14.0. The number of nitrogens with one attached hydrogen (secondary N) is 1. The lowest BCUT2D eigenvalue weighted by atomic mass is 10.2. The lowest BCUT2D eigenvalue weighted by Crippen LogP contribution is -2.23. The summed E-state index contributed by atoms with van der Waals surface area (Å²) in [4.78, 5) is 4.21. The minimum absolute atomic E-state index is 0. The fourth-order valence-corrected chi connectivity index (χ4v) is 2.30. The fraction of sp³-hybridized carbons (Fsp3) is 0.188. The Hall–Kier alpha value is -1.55. The van der Waals surface area contributed by atoms with Crippen molar-refractivity contribution in [3.8, 4) is 11.5 Å². The van der Waals surface area contributed by atoms with E-state index in [1.165, 1.54) is 12.1 Å².